The summed E-state index contributed by atoms with van der Waals surface area (Å²) in [5.41, 5.74) is 0. The third kappa shape index (κ3) is 4.63. The van der Waals surface area contributed by atoms with Crippen LogP contribution in [0, 0.1) is 0 Å². The number of rotatable bonds is 0. The number of hydrogen-bond acceptors (Lipinski definition) is 10. The Morgan fingerprint density at radius 2 is 1.38 bits per heavy atom. The third-order valence-corrected chi connectivity index (χ3v) is 7.19. The van der Waals surface area contributed by atoms with Gasteiger partial charge in [0.25, 0.3) is 7.47 Å². The standard InChI is InChI=1S/C12H20B2O9P2S/c1-5-9(15)11-8(21-5)4-19-25(14,26)23-12-7(20-6(2)10(12)16)3-18-24(13,17)22-11/h5-12,15-16H,3-4H2,1-2H3/t5-,6-,7+,8+,9?,10?,11-,12-,24?,25?/m0/s1. The Hall–Kier alpha value is 0.690. The van der Waals surface area contributed by atoms with E-state index in [2.05, 4.69) is 0 Å². The fourth-order valence-electron chi connectivity index (χ4n) is 3.12. The summed E-state index contributed by atoms with van der Waals surface area (Å²) in [6, 6.07) is 0. The summed E-state index contributed by atoms with van der Waals surface area (Å²) in [5.74, 6) is 0. The summed E-state index contributed by atoms with van der Waals surface area (Å²) in [6.07, 6.45) is -10.2. The van der Waals surface area contributed by atoms with E-state index in [0.717, 1.165) is 0 Å². The molecule has 0 aliphatic carbocycles. The fraction of sp³-hybridized carbons (Fsp3) is 1.00. The Balaban J connectivity index is 1.85. The van der Waals surface area contributed by atoms with Crippen LogP contribution in [0.3, 0.4) is 0 Å². The molecule has 26 heavy (non-hydrogen) atoms. The van der Waals surface area contributed by atoms with Gasteiger partial charge in [-0.2, -0.15) is 0 Å². The lowest BCUT2D eigenvalue weighted by Gasteiger charge is -2.32. The second-order valence-electron chi connectivity index (χ2n) is 6.55. The van der Waals surface area contributed by atoms with Crippen LogP contribution < -0.4 is 0 Å². The number of hydrogen-bond donors (Lipinski definition) is 2. The molecule has 3 aliphatic rings. The average molecular weight is 424 g/mol. The first kappa shape index (κ1) is 21.4. The minimum atomic E-state index is -4.05. The third-order valence-electron chi connectivity index (χ3n) is 4.52. The minimum Gasteiger partial charge on any atom is -0.388 e. The molecule has 0 aromatic heterocycles. The maximum atomic E-state index is 12.5. The van der Waals surface area contributed by atoms with Gasteiger partial charge in [-0.25, -0.2) is 0 Å². The van der Waals surface area contributed by atoms with Gasteiger partial charge in [0.1, 0.15) is 43.0 Å². The van der Waals surface area contributed by atoms with Gasteiger partial charge < -0.3 is 37.8 Å². The van der Waals surface area contributed by atoms with E-state index in [1.807, 2.05) is 0 Å². The summed E-state index contributed by atoms with van der Waals surface area (Å²) in [7, 11) is 7.54. The van der Waals surface area contributed by atoms with Crippen LogP contribution in [-0.4, -0.2) is 87.4 Å². The van der Waals surface area contributed by atoms with Gasteiger partial charge in [-0.15, -0.1) is 0 Å². The van der Waals surface area contributed by atoms with E-state index in [4.69, 9.17) is 54.5 Å². The van der Waals surface area contributed by atoms with E-state index in [1.165, 1.54) is 0 Å². The van der Waals surface area contributed by atoms with Crippen molar-refractivity contribution in [3.63, 3.8) is 0 Å². The zero-order valence-corrected chi connectivity index (χ0v) is 16.8. The Kier molecular flexibility index (Phi) is 6.45. The Morgan fingerprint density at radius 1 is 0.923 bits per heavy atom. The largest absolute Gasteiger partial charge is 0.388 e. The van der Waals surface area contributed by atoms with Crippen LogP contribution in [0.2, 0.25) is 0 Å². The van der Waals surface area contributed by atoms with Crippen molar-refractivity contribution in [2.45, 2.75) is 62.7 Å². The van der Waals surface area contributed by atoms with E-state index >= 15 is 0 Å². The zero-order chi connectivity index (χ0) is 19.3. The van der Waals surface area contributed by atoms with Crippen LogP contribution in [0.5, 0.6) is 0 Å². The van der Waals surface area contributed by atoms with Crippen LogP contribution in [0.1, 0.15) is 13.8 Å². The van der Waals surface area contributed by atoms with Gasteiger partial charge in [0.15, 0.2) is 7.57 Å². The Labute approximate surface area is 159 Å². The maximum absolute atomic E-state index is 12.5. The molecule has 3 saturated heterocycles. The molecule has 0 aromatic rings. The lowest BCUT2D eigenvalue weighted by Crippen LogP contribution is -2.39. The molecule has 4 radical (unpaired) electrons. The van der Waals surface area contributed by atoms with Crippen LogP contribution in [0.4, 0.5) is 0 Å². The van der Waals surface area contributed by atoms with Crippen LogP contribution in [0.15, 0.2) is 0 Å². The number of ether oxygens (including phenoxy) is 2. The van der Waals surface area contributed by atoms with Crippen LogP contribution in [0.25, 0.3) is 0 Å². The molecule has 0 aromatic carbocycles. The van der Waals surface area contributed by atoms with Crippen molar-refractivity contribution in [2.24, 2.45) is 0 Å². The second kappa shape index (κ2) is 7.84. The highest BCUT2D eigenvalue weighted by molar-refractivity contribution is 8.21. The van der Waals surface area contributed by atoms with Gasteiger partial charge in [0.05, 0.1) is 25.4 Å². The lowest BCUT2D eigenvalue weighted by molar-refractivity contribution is -0.0299. The zero-order valence-electron chi connectivity index (χ0n) is 14.2. The quantitative estimate of drug-likeness (QED) is 0.400. The first-order valence-corrected chi connectivity index (χ1v) is 12.4. The molecule has 3 aliphatic heterocycles. The molecular formula is C12H20B2O9P2S. The van der Waals surface area contributed by atoms with Gasteiger partial charge >= 0.3 is 0 Å². The number of aliphatic hydroxyl groups excluding tert-OH is 2. The van der Waals surface area contributed by atoms with E-state index in [0.29, 0.717) is 0 Å². The highest BCUT2D eigenvalue weighted by Gasteiger charge is 2.48. The molecule has 0 spiro atoms. The topological polar surface area (TPSA) is 113 Å². The van der Waals surface area contributed by atoms with E-state index in [9.17, 15) is 14.8 Å². The van der Waals surface area contributed by atoms with Gasteiger partial charge in [-0.1, -0.05) is 0 Å². The van der Waals surface area contributed by atoms with E-state index < -0.39 is 62.7 Å². The van der Waals surface area contributed by atoms with E-state index in [-0.39, 0.29) is 13.2 Å². The fourth-order valence-corrected chi connectivity index (χ4v) is 5.64. The van der Waals surface area contributed by atoms with Crippen molar-refractivity contribution in [2.75, 3.05) is 13.2 Å². The highest BCUT2D eigenvalue weighted by Crippen LogP contribution is 2.51. The van der Waals surface area contributed by atoms with Crippen molar-refractivity contribution in [3.05, 3.63) is 0 Å². The molecule has 3 heterocycles. The number of fused-ring (bicyclic) bond motifs is 2. The SMILES string of the molecule is [B]P1(=O)OC[C@H]2O[C@@H](C)C(O)[C@H]2OP([B])(=S)OC[C@H]2O[C@@H](C)C(O)[C@H]2O1. The smallest absolute Gasteiger partial charge is 0.264 e. The van der Waals surface area contributed by atoms with Crippen molar-refractivity contribution < 1.29 is 42.3 Å². The normalized spacial score (nSPS) is 56.2. The average Bonchev–Trinajstić information content (AvgIpc) is 2.95. The molecule has 4 unspecified atom stereocenters. The predicted octanol–water partition coefficient (Wildman–Crippen LogP) is -0.230. The molecule has 0 amide bonds. The summed E-state index contributed by atoms with van der Waals surface area (Å²) in [5, 5.41) is 20.4. The van der Waals surface area contributed by atoms with Gasteiger partial charge in [-0.05, 0) is 25.7 Å². The first-order chi connectivity index (χ1) is 12.0. The van der Waals surface area contributed by atoms with Gasteiger partial charge in [-0.3, -0.25) is 4.57 Å². The lowest BCUT2D eigenvalue weighted by atomic mass is 10.1. The van der Waals surface area contributed by atoms with Crippen LogP contribution in [-0.2, 0) is 43.9 Å². The maximum Gasteiger partial charge on any atom is 0.264 e. The molecule has 3 rings (SSSR count). The van der Waals surface area contributed by atoms with Crippen molar-refractivity contribution in [3.8, 4) is 0 Å². The monoisotopic (exact) mass is 424 g/mol. The Bertz CT molecular complexity index is 576. The van der Waals surface area contributed by atoms with E-state index in [1.54, 1.807) is 13.8 Å². The molecule has 10 atom stereocenters. The van der Waals surface area contributed by atoms with Crippen molar-refractivity contribution >= 4 is 40.8 Å². The van der Waals surface area contributed by atoms with Crippen molar-refractivity contribution in [1.82, 2.24) is 0 Å². The molecule has 144 valence electrons. The van der Waals surface area contributed by atoms with Gasteiger partial charge in [0, 0.05) is 0 Å². The van der Waals surface area contributed by atoms with Crippen LogP contribution >= 0.6 is 13.8 Å². The summed E-state index contributed by atoms with van der Waals surface area (Å²) in [6.45, 7) is 2.78. The molecule has 9 nitrogen and oxygen atoms in total. The number of aliphatic hydroxyl groups is 2. The highest BCUT2D eigenvalue weighted by atomic mass is 32.4. The molecule has 0 saturated carbocycles. The Morgan fingerprint density at radius 3 is 1.92 bits per heavy atom. The summed E-state index contributed by atoms with van der Waals surface area (Å²) < 4.78 is 45.2. The minimum absolute atomic E-state index is 0.177. The molecule has 2 N–H and O–H groups in total. The predicted molar refractivity (Wildman–Crippen MR) is 95.7 cm³/mol. The summed E-state index contributed by atoms with van der Waals surface area (Å²) in [4.78, 5) is 0. The molecule has 14 heteroatoms. The van der Waals surface area contributed by atoms with Gasteiger partial charge in [0.2, 0.25) is 7.57 Å². The first-order valence-electron chi connectivity index (χ1n) is 8.09. The molecular weight excluding hydrogens is 404 g/mol. The molecule has 3 fully saturated rings. The summed E-state index contributed by atoms with van der Waals surface area (Å²) >= 11 is 5.20. The second-order valence-corrected chi connectivity index (χ2v) is 11.2. The molecule has 0 bridgehead atoms. The van der Waals surface area contributed by atoms with Crippen molar-refractivity contribution in [1.29, 1.82) is 0 Å².